The molecular weight excluding hydrogens is 312 g/mol. The molecule has 0 aliphatic carbocycles. The van der Waals surface area contributed by atoms with Gasteiger partial charge >= 0.3 is 0 Å². The lowest BCUT2D eigenvalue weighted by molar-refractivity contribution is -0.131. The summed E-state index contributed by atoms with van der Waals surface area (Å²) in [6, 6.07) is 6.86. The zero-order chi connectivity index (χ0) is 17.0. The van der Waals surface area contributed by atoms with Gasteiger partial charge in [0.2, 0.25) is 0 Å². The van der Waals surface area contributed by atoms with Crippen molar-refractivity contribution in [3.05, 3.63) is 45.9 Å². The highest BCUT2D eigenvalue weighted by molar-refractivity contribution is 7.09. The maximum atomic E-state index is 12.5. The standard InChI is InChI=1S/C17H22N2O3S/c1-5-17(3,16-18-11(2)10-23-16)19-15(21)14(20)12-7-6-8-13(9-12)22-4/h6-10,14,20H,5H2,1-4H3,(H,19,21). The Hall–Kier alpha value is -1.92. The number of carbonyl (C=O) groups is 1. The number of ether oxygens (including phenoxy) is 1. The van der Waals surface area contributed by atoms with Gasteiger partial charge in [0.1, 0.15) is 10.8 Å². The molecule has 124 valence electrons. The van der Waals surface area contributed by atoms with Crippen LogP contribution in [0.15, 0.2) is 29.6 Å². The van der Waals surface area contributed by atoms with E-state index >= 15 is 0 Å². The second-order valence-electron chi connectivity index (χ2n) is 5.65. The van der Waals surface area contributed by atoms with Gasteiger partial charge in [0, 0.05) is 11.1 Å². The molecule has 1 heterocycles. The normalized spacial score (nSPS) is 14.8. The monoisotopic (exact) mass is 334 g/mol. The number of nitrogens with one attached hydrogen (secondary N) is 1. The Labute approximate surface area is 140 Å². The largest absolute Gasteiger partial charge is 0.497 e. The van der Waals surface area contributed by atoms with Crippen LogP contribution in [0.4, 0.5) is 0 Å². The van der Waals surface area contributed by atoms with Crippen LogP contribution in [0.1, 0.15) is 42.6 Å². The van der Waals surface area contributed by atoms with Crippen LogP contribution >= 0.6 is 11.3 Å². The molecule has 0 spiro atoms. The second kappa shape index (κ2) is 7.10. The Morgan fingerprint density at radius 3 is 2.83 bits per heavy atom. The van der Waals surface area contributed by atoms with Crippen molar-refractivity contribution in [3.63, 3.8) is 0 Å². The number of benzene rings is 1. The smallest absolute Gasteiger partial charge is 0.254 e. The number of hydrogen-bond donors (Lipinski definition) is 2. The number of hydrogen-bond acceptors (Lipinski definition) is 5. The van der Waals surface area contributed by atoms with Gasteiger partial charge < -0.3 is 15.2 Å². The summed E-state index contributed by atoms with van der Waals surface area (Å²) in [6.07, 6.45) is -0.576. The molecule has 5 nitrogen and oxygen atoms in total. The van der Waals surface area contributed by atoms with Crippen molar-refractivity contribution in [2.75, 3.05) is 7.11 Å². The first kappa shape index (κ1) is 17.4. The van der Waals surface area contributed by atoms with E-state index in [0.29, 0.717) is 17.7 Å². The molecule has 2 aromatic rings. The highest BCUT2D eigenvalue weighted by Gasteiger charge is 2.32. The fourth-order valence-corrected chi connectivity index (χ4v) is 3.19. The number of aliphatic hydroxyl groups is 1. The molecule has 0 aliphatic rings. The maximum absolute atomic E-state index is 12.5. The first-order chi connectivity index (χ1) is 10.9. The van der Waals surface area contributed by atoms with Gasteiger partial charge in [0.05, 0.1) is 12.6 Å². The fraction of sp³-hybridized carbons (Fsp3) is 0.412. The lowest BCUT2D eigenvalue weighted by atomic mass is 9.98. The van der Waals surface area contributed by atoms with E-state index in [-0.39, 0.29) is 0 Å². The molecule has 0 saturated carbocycles. The van der Waals surface area contributed by atoms with Crippen molar-refractivity contribution in [1.29, 1.82) is 0 Å². The molecule has 2 unspecified atom stereocenters. The average Bonchev–Trinajstić information content (AvgIpc) is 3.01. The fourth-order valence-electron chi connectivity index (χ4n) is 2.20. The van der Waals surface area contributed by atoms with Gasteiger partial charge in [-0.3, -0.25) is 4.79 Å². The minimum absolute atomic E-state index is 0.449. The van der Waals surface area contributed by atoms with E-state index in [4.69, 9.17) is 4.74 Å². The summed E-state index contributed by atoms with van der Waals surface area (Å²) in [5.74, 6) is 0.151. The summed E-state index contributed by atoms with van der Waals surface area (Å²) in [4.78, 5) is 16.9. The number of carbonyl (C=O) groups excluding carboxylic acids is 1. The third-order valence-corrected chi connectivity index (χ3v) is 5.08. The molecule has 2 atom stereocenters. The van der Waals surface area contributed by atoms with Gasteiger partial charge in [-0.1, -0.05) is 19.1 Å². The highest BCUT2D eigenvalue weighted by Crippen LogP contribution is 2.29. The molecule has 1 aromatic heterocycles. The Kier molecular flexibility index (Phi) is 5.38. The van der Waals surface area contributed by atoms with Crippen LogP contribution in [0.2, 0.25) is 0 Å². The van der Waals surface area contributed by atoms with Crippen molar-refractivity contribution < 1.29 is 14.6 Å². The van der Waals surface area contributed by atoms with E-state index in [1.807, 2.05) is 26.2 Å². The predicted molar refractivity (Wildman–Crippen MR) is 90.6 cm³/mol. The van der Waals surface area contributed by atoms with Crippen LogP contribution in [0, 0.1) is 6.92 Å². The molecule has 0 bridgehead atoms. The number of thiazole rings is 1. The Bertz CT molecular complexity index is 686. The minimum Gasteiger partial charge on any atom is -0.497 e. The quantitative estimate of drug-likeness (QED) is 0.852. The molecule has 2 N–H and O–H groups in total. The van der Waals surface area contributed by atoms with Gasteiger partial charge in [-0.25, -0.2) is 4.98 Å². The van der Waals surface area contributed by atoms with Crippen LogP contribution < -0.4 is 10.1 Å². The molecule has 23 heavy (non-hydrogen) atoms. The third kappa shape index (κ3) is 3.89. The predicted octanol–water partition coefficient (Wildman–Crippen LogP) is 2.94. The maximum Gasteiger partial charge on any atom is 0.254 e. The van der Waals surface area contributed by atoms with E-state index in [1.165, 1.54) is 11.3 Å². The lowest BCUT2D eigenvalue weighted by Crippen LogP contribution is -2.45. The summed E-state index contributed by atoms with van der Waals surface area (Å²) >= 11 is 1.51. The van der Waals surface area contributed by atoms with E-state index < -0.39 is 17.6 Å². The van der Waals surface area contributed by atoms with Crippen molar-refractivity contribution in [3.8, 4) is 5.75 Å². The van der Waals surface area contributed by atoms with Crippen molar-refractivity contribution >= 4 is 17.2 Å². The zero-order valence-electron chi connectivity index (χ0n) is 13.8. The summed E-state index contributed by atoms with van der Waals surface area (Å²) in [5.41, 5.74) is 0.818. The summed E-state index contributed by atoms with van der Waals surface area (Å²) < 4.78 is 5.13. The zero-order valence-corrected chi connectivity index (χ0v) is 14.6. The third-order valence-electron chi connectivity index (χ3n) is 3.86. The molecular formula is C17H22N2O3S. The molecule has 1 amide bonds. The lowest BCUT2D eigenvalue weighted by Gasteiger charge is -2.28. The van der Waals surface area contributed by atoms with Gasteiger partial charge in [-0.15, -0.1) is 11.3 Å². The number of aryl methyl sites for hydroxylation is 1. The number of aromatic nitrogens is 1. The van der Waals surface area contributed by atoms with Gasteiger partial charge in [-0.05, 0) is 38.0 Å². The topological polar surface area (TPSA) is 71.5 Å². The molecule has 0 aliphatic heterocycles. The highest BCUT2D eigenvalue weighted by atomic mass is 32.1. The molecule has 0 fully saturated rings. The van der Waals surface area contributed by atoms with Gasteiger partial charge in [-0.2, -0.15) is 0 Å². The molecule has 6 heteroatoms. The summed E-state index contributed by atoms with van der Waals surface area (Å²) in [7, 11) is 1.55. The van der Waals surface area contributed by atoms with Crippen LogP contribution in [-0.2, 0) is 10.3 Å². The molecule has 0 radical (unpaired) electrons. The average molecular weight is 334 g/mol. The Morgan fingerprint density at radius 1 is 1.52 bits per heavy atom. The van der Waals surface area contributed by atoms with E-state index in [9.17, 15) is 9.90 Å². The summed E-state index contributed by atoms with van der Waals surface area (Å²) in [6.45, 7) is 5.82. The number of methoxy groups -OCH3 is 1. The van der Waals surface area contributed by atoms with Crippen molar-refractivity contribution in [2.24, 2.45) is 0 Å². The van der Waals surface area contributed by atoms with Crippen LogP contribution in [0.5, 0.6) is 5.75 Å². The SMILES string of the molecule is CCC(C)(NC(=O)C(O)c1cccc(OC)c1)c1nc(C)cs1. The van der Waals surface area contributed by atoms with Crippen molar-refractivity contribution in [1.82, 2.24) is 10.3 Å². The van der Waals surface area contributed by atoms with Crippen molar-refractivity contribution in [2.45, 2.75) is 38.8 Å². The van der Waals surface area contributed by atoms with E-state index in [1.54, 1.807) is 31.4 Å². The minimum atomic E-state index is -1.25. The number of amides is 1. The van der Waals surface area contributed by atoms with Crippen LogP contribution in [0.25, 0.3) is 0 Å². The van der Waals surface area contributed by atoms with E-state index in [0.717, 1.165) is 10.7 Å². The summed E-state index contributed by atoms with van der Waals surface area (Å²) in [5, 5.41) is 16.1. The van der Waals surface area contributed by atoms with Gasteiger partial charge in [0.25, 0.3) is 5.91 Å². The molecule has 2 rings (SSSR count). The molecule has 1 aromatic carbocycles. The van der Waals surface area contributed by atoms with Crippen LogP contribution in [0.3, 0.4) is 0 Å². The Morgan fingerprint density at radius 2 is 2.26 bits per heavy atom. The Balaban J connectivity index is 2.18. The number of rotatable bonds is 6. The first-order valence-electron chi connectivity index (χ1n) is 7.46. The van der Waals surface area contributed by atoms with Crippen LogP contribution in [-0.4, -0.2) is 23.1 Å². The second-order valence-corrected chi connectivity index (χ2v) is 6.51. The first-order valence-corrected chi connectivity index (χ1v) is 8.34. The van der Waals surface area contributed by atoms with E-state index in [2.05, 4.69) is 10.3 Å². The van der Waals surface area contributed by atoms with Gasteiger partial charge in [0.15, 0.2) is 6.10 Å². The molecule has 0 saturated heterocycles. The number of nitrogens with zero attached hydrogens (tertiary/aromatic N) is 1. The number of aliphatic hydroxyl groups excluding tert-OH is 1.